The molecular weight excluding hydrogens is 294 g/mol. The molecule has 2 aromatic carbocycles. The molecule has 0 aliphatic carbocycles. The Bertz CT molecular complexity index is 717. The number of hydrogen-bond donors (Lipinski definition) is 0. The molecule has 0 aromatic heterocycles. The average Bonchev–Trinajstić information content (AvgIpc) is 3.03. The summed E-state index contributed by atoms with van der Waals surface area (Å²) in [7, 11) is 4.62. The van der Waals surface area contributed by atoms with Crippen molar-refractivity contribution in [3.8, 4) is 17.2 Å². The van der Waals surface area contributed by atoms with Gasteiger partial charge in [0.2, 0.25) is 0 Å². The second kappa shape index (κ2) is 6.20. The van der Waals surface area contributed by atoms with Crippen LogP contribution >= 0.6 is 0 Å². The Balaban J connectivity index is 2.06. The average molecular weight is 313 g/mol. The first-order chi connectivity index (χ1) is 11.2. The van der Waals surface area contributed by atoms with Crippen LogP contribution in [0, 0.1) is 0 Å². The highest BCUT2D eigenvalue weighted by Crippen LogP contribution is 2.37. The molecule has 3 rings (SSSR count). The number of hydrogen-bond acceptors (Lipinski definition) is 4. The van der Waals surface area contributed by atoms with Gasteiger partial charge in [0.1, 0.15) is 22.8 Å². The normalized spacial score (nSPS) is 12.7. The van der Waals surface area contributed by atoms with Crippen LogP contribution in [0.25, 0.3) is 0 Å². The predicted octanol–water partition coefficient (Wildman–Crippen LogP) is 2.92. The van der Waals surface area contributed by atoms with Gasteiger partial charge in [-0.05, 0) is 18.1 Å². The summed E-state index contributed by atoms with van der Waals surface area (Å²) < 4.78 is 16.0. The first-order valence-electron chi connectivity index (χ1n) is 7.39. The number of carbonyl (C=O) groups excluding carboxylic acids is 1. The van der Waals surface area contributed by atoms with E-state index in [9.17, 15) is 4.79 Å². The van der Waals surface area contributed by atoms with E-state index in [0.717, 1.165) is 12.1 Å². The topological polar surface area (TPSA) is 48.0 Å². The zero-order valence-corrected chi connectivity index (χ0v) is 13.5. The summed E-state index contributed by atoms with van der Waals surface area (Å²) in [5, 5.41) is 0. The molecule has 0 spiro atoms. The summed E-state index contributed by atoms with van der Waals surface area (Å²) in [5.41, 5.74) is 2.53. The second-order valence-corrected chi connectivity index (χ2v) is 5.24. The van der Waals surface area contributed by atoms with Crippen LogP contribution in [0.4, 0.5) is 5.69 Å². The van der Waals surface area contributed by atoms with Crippen LogP contribution in [0.2, 0.25) is 0 Å². The van der Waals surface area contributed by atoms with Crippen molar-refractivity contribution in [3.05, 3.63) is 47.5 Å². The number of para-hydroxylation sites is 1. The Morgan fingerprint density at radius 2 is 1.65 bits per heavy atom. The molecule has 0 unspecified atom stereocenters. The largest absolute Gasteiger partial charge is 0.496 e. The van der Waals surface area contributed by atoms with Crippen LogP contribution in [-0.2, 0) is 6.42 Å². The van der Waals surface area contributed by atoms with E-state index in [4.69, 9.17) is 14.2 Å². The fourth-order valence-electron chi connectivity index (χ4n) is 2.90. The highest BCUT2D eigenvalue weighted by atomic mass is 16.5. The zero-order valence-electron chi connectivity index (χ0n) is 13.5. The molecule has 1 aliphatic rings. The summed E-state index contributed by atoms with van der Waals surface area (Å²) in [6, 6.07) is 11.3. The SMILES string of the molecule is COc1cc(OC)c(C(=O)N2CCc3ccccc32)c(OC)c1. The Kier molecular flexibility index (Phi) is 4.10. The van der Waals surface area contributed by atoms with E-state index in [0.29, 0.717) is 29.4 Å². The Labute approximate surface area is 135 Å². The van der Waals surface area contributed by atoms with Gasteiger partial charge in [0.05, 0.1) is 21.3 Å². The maximum absolute atomic E-state index is 13.1. The van der Waals surface area contributed by atoms with Crippen molar-refractivity contribution in [2.75, 3.05) is 32.8 Å². The van der Waals surface area contributed by atoms with Crippen molar-refractivity contribution in [1.82, 2.24) is 0 Å². The molecule has 0 bridgehead atoms. The number of rotatable bonds is 4. The summed E-state index contributed by atoms with van der Waals surface area (Å²) in [6.07, 6.45) is 0.850. The van der Waals surface area contributed by atoms with Crippen LogP contribution in [0.1, 0.15) is 15.9 Å². The van der Waals surface area contributed by atoms with Gasteiger partial charge in [-0.25, -0.2) is 0 Å². The quantitative estimate of drug-likeness (QED) is 0.871. The summed E-state index contributed by atoms with van der Waals surface area (Å²) >= 11 is 0. The first-order valence-corrected chi connectivity index (χ1v) is 7.39. The molecule has 1 aliphatic heterocycles. The van der Waals surface area contributed by atoms with Crippen molar-refractivity contribution >= 4 is 11.6 Å². The van der Waals surface area contributed by atoms with E-state index < -0.39 is 0 Å². The smallest absolute Gasteiger partial charge is 0.265 e. The van der Waals surface area contributed by atoms with Gasteiger partial charge in [-0.15, -0.1) is 0 Å². The summed E-state index contributed by atoms with van der Waals surface area (Å²) in [6.45, 7) is 0.649. The monoisotopic (exact) mass is 313 g/mol. The highest BCUT2D eigenvalue weighted by Gasteiger charge is 2.30. The Hall–Kier alpha value is -2.69. The molecule has 2 aromatic rings. The fraction of sp³-hybridized carbons (Fsp3) is 0.278. The summed E-state index contributed by atoms with van der Waals surface area (Å²) in [5.74, 6) is 1.33. The standard InChI is InChI=1S/C18H19NO4/c1-21-13-10-15(22-2)17(16(11-13)23-3)18(20)19-9-8-12-6-4-5-7-14(12)19/h4-7,10-11H,8-9H2,1-3H3. The predicted molar refractivity (Wildman–Crippen MR) is 87.9 cm³/mol. The highest BCUT2D eigenvalue weighted by molar-refractivity contribution is 6.11. The van der Waals surface area contributed by atoms with Gasteiger partial charge < -0.3 is 19.1 Å². The molecule has 120 valence electrons. The van der Waals surface area contributed by atoms with Crippen molar-refractivity contribution in [2.24, 2.45) is 0 Å². The van der Waals surface area contributed by atoms with Crippen LogP contribution in [0.3, 0.4) is 0 Å². The van der Waals surface area contributed by atoms with Gasteiger partial charge in [0.25, 0.3) is 5.91 Å². The first kappa shape index (κ1) is 15.2. The Morgan fingerprint density at radius 1 is 1.00 bits per heavy atom. The number of methoxy groups -OCH3 is 3. The molecule has 5 heteroatoms. The molecule has 1 heterocycles. The number of fused-ring (bicyclic) bond motifs is 1. The Morgan fingerprint density at radius 3 is 2.26 bits per heavy atom. The van der Waals surface area contributed by atoms with Crippen molar-refractivity contribution < 1.29 is 19.0 Å². The van der Waals surface area contributed by atoms with E-state index in [-0.39, 0.29) is 5.91 Å². The lowest BCUT2D eigenvalue weighted by Crippen LogP contribution is -2.29. The number of ether oxygens (including phenoxy) is 3. The molecule has 5 nitrogen and oxygen atoms in total. The van der Waals surface area contributed by atoms with Crippen molar-refractivity contribution in [2.45, 2.75) is 6.42 Å². The van der Waals surface area contributed by atoms with Gasteiger partial charge in [-0.1, -0.05) is 18.2 Å². The minimum Gasteiger partial charge on any atom is -0.496 e. The van der Waals surface area contributed by atoms with Gasteiger partial charge in [0, 0.05) is 24.4 Å². The van der Waals surface area contributed by atoms with Crippen LogP contribution in [-0.4, -0.2) is 33.8 Å². The van der Waals surface area contributed by atoms with E-state index in [1.807, 2.05) is 24.3 Å². The van der Waals surface area contributed by atoms with E-state index in [1.165, 1.54) is 19.8 Å². The molecule has 0 saturated heterocycles. The molecule has 1 amide bonds. The molecular formula is C18H19NO4. The third-order valence-electron chi connectivity index (χ3n) is 4.06. The molecule has 0 fully saturated rings. The van der Waals surface area contributed by atoms with Gasteiger partial charge in [-0.3, -0.25) is 4.79 Å². The number of carbonyl (C=O) groups is 1. The van der Waals surface area contributed by atoms with Crippen molar-refractivity contribution in [3.63, 3.8) is 0 Å². The van der Waals surface area contributed by atoms with Crippen LogP contribution in [0.5, 0.6) is 17.2 Å². The molecule has 0 N–H and O–H groups in total. The number of benzene rings is 2. The number of nitrogens with zero attached hydrogens (tertiary/aromatic N) is 1. The molecule has 0 atom stereocenters. The lowest BCUT2D eigenvalue weighted by atomic mass is 10.1. The van der Waals surface area contributed by atoms with Gasteiger partial charge >= 0.3 is 0 Å². The maximum Gasteiger partial charge on any atom is 0.265 e. The van der Waals surface area contributed by atoms with E-state index in [1.54, 1.807) is 24.1 Å². The third kappa shape index (κ3) is 2.59. The number of anilines is 1. The van der Waals surface area contributed by atoms with Gasteiger partial charge in [-0.2, -0.15) is 0 Å². The van der Waals surface area contributed by atoms with Crippen LogP contribution in [0.15, 0.2) is 36.4 Å². The van der Waals surface area contributed by atoms with Crippen LogP contribution < -0.4 is 19.1 Å². The lowest BCUT2D eigenvalue weighted by molar-refractivity contribution is 0.0983. The second-order valence-electron chi connectivity index (χ2n) is 5.24. The number of amides is 1. The minimum absolute atomic E-state index is 0.133. The summed E-state index contributed by atoms with van der Waals surface area (Å²) in [4.78, 5) is 14.9. The van der Waals surface area contributed by atoms with Gasteiger partial charge in [0.15, 0.2) is 0 Å². The third-order valence-corrected chi connectivity index (χ3v) is 4.06. The lowest BCUT2D eigenvalue weighted by Gasteiger charge is -2.21. The molecule has 23 heavy (non-hydrogen) atoms. The maximum atomic E-state index is 13.1. The molecule has 0 radical (unpaired) electrons. The zero-order chi connectivity index (χ0) is 16.4. The van der Waals surface area contributed by atoms with E-state index >= 15 is 0 Å². The van der Waals surface area contributed by atoms with Crippen molar-refractivity contribution in [1.29, 1.82) is 0 Å². The molecule has 0 saturated carbocycles. The fourth-order valence-corrected chi connectivity index (χ4v) is 2.90. The van der Waals surface area contributed by atoms with E-state index in [2.05, 4.69) is 0 Å². The minimum atomic E-state index is -0.133.